The van der Waals surface area contributed by atoms with Gasteiger partial charge >= 0.3 is 34.4 Å². The van der Waals surface area contributed by atoms with Gasteiger partial charge in [-0.1, -0.05) is 13.2 Å². The van der Waals surface area contributed by atoms with Crippen LogP contribution in [-0.2, 0) is 39.4 Å². The molecule has 2 aromatic carbocycles. The number of benzene rings is 2. The van der Waals surface area contributed by atoms with Crippen molar-refractivity contribution in [2.75, 3.05) is 127 Å². The molecule has 37 nitrogen and oxygen atoms in total. The highest BCUT2D eigenvalue weighted by Crippen LogP contribution is 2.39. The molecule has 8 N–H and O–H groups in total. The number of hydrogen-bond acceptors (Lipinski definition) is 29. The molecule has 0 aliphatic heterocycles. The minimum atomic E-state index is -5.75. The molecule has 2 amide bonds. The van der Waals surface area contributed by atoms with E-state index in [2.05, 4.69) is 114 Å². The smallest absolute Gasteiger partial charge is 0.495 e. The van der Waals surface area contributed by atoms with Crippen LogP contribution in [0.3, 0.4) is 0 Å². The summed E-state index contributed by atoms with van der Waals surface area (Å²) < 4.78 is 126. The zero-order chi connectivity index (χ0) is 84.2. The molecule has 0 radical (unpaired) electrons. The molecule has 0 saturated carbocycles. The van der Waals surface area contributed by atoms with Crippen LogP contribution in [0.2, 0.25) is 6.82 Å². The van der Waals surface area contributed by atoms with Crippen LogP contribution in [0, 0.1) is 27.7 Å². The summed E-state index contributed by atoms with van der Waals surface area (Å²) in [6, 6.07) is 24.6. The molecule has 10 heterocycles. The SMILES string of the molecule is C=CC(=O)Nc1cc(N)c(OC)cc1N(C)CCN(C)C.C=CC(=O)Nc1cc(Nc2ncc3ccc(C)n3n2)c(OC)cc1N(C)CCN(C)C.CB(O)O.CS(=O)(=O)c1ncc2ccc(Br)n2n1.Cc1ccc2cnc(=O)[nH]n12.Cc1ccc2cnc(OS(=O)(=O)C(F)(F)F)nn12.Cc1ccc2cnc(S(C)(=O)=O)nn12. The van der Waals surface area contributed by atoms with E-state index >= 15 is 0 Å². The maximum atomic E-state index is 12.1. The third kappa shape index (κ3) is 25.7. The summed E-state index contributed by atoms with van der Waals surface area (Å²) in [6.07, 6.45) is 12.0. The van der Waals surface area contributed by atoms with Crippen molar-refractivity contribution in [1.29, 1.82) is 0 Å². The molecule has 10 aromatic heterocycles. The van der Waals surface area contributed by atoms with Crippen LogP contribution < -0.4 is 50.8 Å². The van der Waals surface area contributed by atoms with E-state index in [1.807, 2.05) is 127 Å². The number of carbonyl (C=O) groups is 2. The van der Waals surface area contributed by atoms with Crippen molar-refractivity contribution in [3.05, 3.63) is 179 Å². The van der Waals surface area contributed by atoms with Gasteiger partial charge in [-0.25, -0.2) is 59.7 Å². The number of alkyl halides is 3. The number of likely N-dealkylation sites (N-methyl/N-ethyl adjacent to an activating group) is 4. The third-order valence-corrected chi connectivity index (χ3v) is 18.4. The van der Waals surface area contributed by atoms with Gasteiger partial charge < -0.3 is 65.0 Å². The van der Waals surface area contributed by atoms with Gasteiger partial charge in [-0.15, -0.1) is 20.4 Å². The number of rotatable bonds is 20. The number of nitrogens with one attached hydrogen (secondary N) is 4. The van der Waals surface area contributed by atoms with Crippen LogP contribution in [0.15, 0.2) is 161 Å². The number of amides is 2. The van der Waals surface area contributed by atoms with Gasteiger partial charge in [0.05, 0.1) is 107 Å². The van der Waals surface area contributed by atoms with Crippen molar-refractivity contribution < 1.29 is 71.7 Å². The molecule has 0 spiro atoms. The molecule has 606 valence electrons. The Morgan fingerprint density at radius 3 is 1.46 bits per heavy atom. The Morgan fingerprint density at radius 2 is 0.991 bits per heavy atom. The number of ether oxygens (including phenoxy) is 2. The molecule has 0 fully saturated rings. The number of carbonyl (C=O) groups excluding carboxylic acids is 2. The van der Waals surface area contributed by atoms with E-state index in [1.54, 1.807) is 72.9 Å². The number of hydrogen-bond donors (Lipinski definition) is 7. The molecule has 0 atom stereocenters. The Kier molecular flexibility index (Phi) is 31.6. The lowest BCUT2D eigenvalue weighted by Gasteiger charge is -2.25. The summed E-state index contributed by atoms with van der Waals surface area (Å²) >= 11 is 3.25. The first-order chi connectivity index (χ1) is 52.9. The maximum absolute atomic E-state index is 12.1. The first-order valence-corrected chi connectivity index (χ1v) is 39.2. The number of H-pyrrole nitrogens is 1. The molecular formula is C68H86BBrF3N23O14S3. The van der Waals surface area contributed by atoms with Gasteiger partial charge in [0.1, 0.15) is 16.1 Å². The lowest BCUT2D eigenvalue weighted by molar-refractivity contribution is -0.112. The van der Waals surface area contributed by atoms with Gasteiger partial charge in [-0.3, -0.25) is 14.1 Å². The molecule has 0 aliphatic rings. The van der Waals surface area contributed by atoms with Crippen LogP contribution in [0.4, 0.5) is 53.2 Å². The fourth-order valence-corrected chi connectivity index (χ4v) is 11.2. The summed E-state index contributed by atoms with van der Waals surface area (Å²) in [7, 11) is 1.56. The average molecular weight is 1690 g/mol. The topological polar surface area (TPSA) is 451 Å². The van der Waals surface area contributed by atoms with E-state index in [0.717, 1.165) is 95.4 Å². The summed E-state index contributed by atoms with van der Waals surface area (Å²) in [5.74, 6) is 1.04. The second kappa shape index (κ2) is 39.5. The molecular weight excluding hydrogens is 1610 g/mol. The van der Waals surface area contributed by atoms with E-state index in [-0.39, 0.29) is 27.8 Å². The number of sulfone groups is 2. The van der Waals surface area contributed by atoms with Gasteiger partial charge in [0.2, 0.25) is 37.4 Å². The molecule has 12 rings (SSSR count). The Balaban J connectivity index is 0.000000216. The Hall–Kier alpha value is -11.6. The number of nitrogens with two attached hydrogens (primary N) is 1. The van der Waals surface area contributed by atoms with Crippen molar-refractivity contribution in [1.82, 2.24) is 82.8 Å². The van der Waals surface area contributed by atoms with Gasteiger partial charge in [-0.2, -0.15) is 31.6 Å². The van der Waals surface area contributed by atoms with Crippen LogP contribution in [0.25, 0.3) is 27.6 Å². The second-order valence-corrected chi connectivity index (χ2v) is 31.0. The van der Waals surface area contributed by atoms with E-state index < -0.39 is 48.4 Å². The second-order valence-electron chi connectivity index (χ2n) is 24.8. The Morgan fingerprint density at radius 1 is 0.584 bits per heavy atom. The number of nitrogen functional groups attached to an aromatic ring is 1. The number of halogens is 4. The summed E-state index contributed by atoms with van der Waals surface area (Å²) in [5, 5.41) is 42.2. The predicted molar refractivity (Wildman–Crippen MR) is 427 cm³/mol. The Labute approximate surface area is 656 Å². The lowest BCUT2D eigenvalue weighted by Crippen LogP contribution is -2.29. The maximum Gasteiger partial charge on any atom is 0.534 e. The number of aromatic amines is 1. The van der Waals surface area contributed by atoms with Crippen molar-refractivity contribution in [3.63, 3.8) is 0 Å². The van der Waals surface area contributed by atoms with E-state index in [1.165, 1.54) is 40.4 Å². The highest BCUT2D eigenvalue weighted by molar-refractivity contribution is 9.10. The van der Waals surface area contributed by atoms with Crippen molar-refractivity contribution in [3.8, 4) is 17.5 Å². The monoisotopic (exact) mass is 1690 g/mol. The zero-order valence-electron chi connectivity index (χ0n) is 64.1. The molecule has 0 unspecified atom stereocenters. The highest BCUT2D eigenvalue weighted by Gasteiger charge is 2.49. The van der Waals surface area contributed by atoms with Crippen molar-refractivity contribution >= 4 is 132 Å². The number of anilines is 7. The van der Waals surface area contributed by atoms with E-state index in [9.17, 15) is 52.8 Å². The Bertz CT molecular complexity index is 5650. The molecule has 45 heteroatoms. The minimum Gasteiger partial charge on any atom is -0.495 e. The van der Waals surface area contributed by atoms with Crippen LogP contribution >= 0.6 is 15.9 Å². The first-order valence-electron chi connectivity index (χ1n) is 33.2. The largest absolute Gasteiger partial charge is 0.534 e. The number of nitrogens with zero attached hydrogens (tertiary/aromatic N) is 18. The number of aromatic nitrogens is 15. The average Bonchev–Trinajstić information content (AvgIpc) is 1.80. The molecule has 0 bridgehead atoms. The van der Waals surface area contributed by atoms with Crippen molar-refractivity contribution in [2.45, 2.75) is 50.3 Å². The zero-order valence-corrected chi connectivity index (χ0v) is 68.1. The fraction of sp³-hybridized carbons (Fsp3) is 0.294. The molecule has 0 aliphatic carbocycles. The number of fused-ring (bicyclic) bond motifs is 5. The van der Waals surface area contributed by atoms with E-state index in [0.29, 0.717) is 56.0 Å². The highest BCUT2D eigenvalue weighted by atomic mass is 79.9. The lowest BCUT2D eigenvalue weighted by atomic mass is 9.99. The summed E-state index contributed by atoms with van der Waals surface area (Å²) in [5.41, 5.74) is 11.5. The number of aryl methyl sites for hydroxylation is 4. The summed E-state index contributed by atoms with van der Waals surface area (Å²) in [6.45, 7) is 19.0. The normalized spacial score (nSPS) is 11.2. The van der Waals surface area contributed by atoms with Crippen molar-refractivity contribution in [2.24, 2.45) is 0 Å². The number of methoxy groups -OCH3 is 2. The predicted octanol–water partition coefficient (Wildman–Crippen LogP) is 6.33. The van der Waals surface area contributed by atoms with Gasteiger partial charge in [0.15, 0.2) is 0 Å². The van der Waals surface area contributed by atoms with Gasteiger partial charge in [0, 0.05) is 87.7 Å². The van der Waals surface area contributed by atoms with Crippen LogP contribution in [0.5, 0.6) is 17.5 Å². The molecule has 0 saturated heterocycles. The minimum absolute atomic E-state index is 0.149. The third-order valence-electron chi connectivity index (χ3n) is 15.2. The first kappa shape index (κ1) is 90.3. The molecule has 12 aromatic rings. The molecule has 113 heavy (non-hydrogen) atoms. The van der Waals surface area contributed by atoms with Gasteiger partial charge in [0.25, 0.3) is 10.3 Å². The standard InChI is InChI=1S/C22H29N7O2.C15H24N4O2.C8H6F3N3O3S.C8H9N3O2S.C7H6BrN3O2S.C7H7N3O.CH5BO2/c1-7-21(30)24-17-12-18(20(31-6)13-19(17)28(5)11-10-27(3)4)25-22-23-14-16-9-8-15(2)29(16)26-22;1-6-15(20)17-12-9-11(16)14(21-5)10-13(12)19(4)8-7-18(2)3;1-5-2-3-6-4-12-7(13-14(5)6)17-18(15,16)8(9,10)11;1-6-3-4-7-5-9-8(10-11(6)7)14(2,12)13;1-14(12,13)7-9-4-5-2-3-6(8)11(5)10-7;1-5-2-3-6-4-8-7(11)9-10(5)6;1-2(3)4/h7-9,12-14H,1,10-11H2,2-6H3,(H,24,30)(H,25,26);6,9-10H,1,7-8,16H2,2-5H3,(H,17,20);2-4H,1H3;3-5H,1-2H3;2-4H,1H3;2-4H,1H3,(H,9,11);3-4H,1H3. The van der Waals surface area contributed by atoms with Gasteiger partial charge in [-0.05, 0) is 164 Å². The van der Waals surface area contributed by atoms with E-state index in [4.69, 9.17) is 25.3 Å². The fourth-order valence-electron chi connectivity index (χ4n) is 9.42. The van der Waals surface area contributed by atoms with Crippen LogP contribution in [-0.4, -0.2) is 238 Å². The summed E-state index contributed by atoms with van der Waals surface area (Å²) in [4.78, 5) is 61.6. The van der Waals surface area contributed by atoms with Crippen LogP contribution in [0.1, 0.15) is 22.8 Å². The quantitative estimate of drug-likeness (QED) is 0.0144.